The molecule has 8 rings (SSSR count). The zero-order chi connectivity index (χ0) is 52.5. The molecule has 1 amide bonds. The molecule has 8 N–H and O–H groups in total. The lowest BCUT2D eigenvalue weighted by Gasteiger charge is -2.12. The lowest BCUT2D eigenvalue weighted by molar-refractivity contribution is -0.114. The molecule has 0 aliphatic heterocycles. The molecule has 0 radical (unpaired) electrons. The first-order valence-electron chi connectivity index (χ1n) is 19.1. The maximum Gasteiger partial charge on any atom is 0.298 e. The fraction of sp³-hybridized carbons (Fsp3) is 0.0263. The SMILES string of the molecule is CC(=O)Nc1cc(N=Nc2ccc3c(S(=O)(=O)O)c(N=Nc4c[nH]n(-c5cc(S(=O)(=O)O)c6cc(S(=O)(=O)O)cc(S(=O)(=O)O)c6c5)c4=O)ccc3c2O)c(S(=O)(=O)O)cc1N=Nc1nc2ccccc2s1. The molecular weight excluding hydrogens is 1080 g/mol. The van der Waals surface area contributed by atoms with Crippen LogP contribution in [0.5, 0.6) is 5.75 Å². The molecule has 72 heavy (non-hydrogen) atoms. The number of aromatic nitrogens is 3. The minimum Gasteiger partial charge on any atom is -0.505 e. The van der Waals surface area contributed by atoms with Crippen LogP contribution in [0.25, 0.3) is 37.4 Å². The minimum atomic E-state index is -5.42. The Kier molecular flexibility index (Phi) is 12.8. The molecule has 34 heteroatoms. The molecule has 0 fully saturated rings. The number of rotatable bonds is 13. The normalized spacial score (nSPS) is 13.1. The van der Waals surface area contributed by atoms with Crippen molar-refractivity contribution in [3.8, 4) is 11.4 Å². The van der Waals surface area contributed by atoms with Gasteiger partial charge in [-0.1, -0.05) is 29.5 Å². The summed E-state index contributed by atoms with van der Waals surface area (Å²) < 4.78 is 175. The standard InChI is InChI=1S/C38H26N10O18S6/c1-17(49)40-27-14-29(34(71(61,62)63)15-28(27)44-47-38-41-24-4-2-3-5-31(24)67-38)45-42-25-8-7-21-20(35(25)50)6-9-26(36(21)72(64,65)66)43-46-30-16-39-48(37(30)51)18-10-22-23(32(11-18)69(55,56)57)12-19(68(52,53)54)13-33(22)70(58,59)60/h2-16,39,50H,1H3,(H,40,49)(H,52,53,54)(H,55,56,57)(H,58,59,60)(H,61,62,63)(H,64,65,66). The molecular formula is C38H26N10O18S6. The Bertz CT molecular complexity index is 4390. The summed E-state index contributed by atoms with van der Waals surface area (Å²) in [6, 6.07) is 14.9. The number of fused-ring (bicyclic) bond motifs is 3. The van der Waals surface area contributed by atoms with Crippen LogP contribution in [0.3, 0.4) is 0 Å². The van der Waals surface area contributed by atoms with Crippen molar-refractivity contribution in [3.05, 3.63) is 101 Å². The molecule has 372 valence electrons. The van der Waals surface area contributed by atoms with Gasteiger partial charge in [-0.15, -0.1) is 30.7 Å². The number of hydrogen-bond acceptors (Lipinski definition) is 21. The largest absolute Gasteiger partial charge is 0.505 e. The summed E-state index contributed by atoms with van der Waals surface area (Å²) in [5.74, 6) is -1.44. The third-order valence-electron chi connectivity index (χ3n) is 9.88. The first kappa shape index (κ1) is 50.7. The van der Waals surface area contributed by atoms with E-state index in [1.54, 1.807) is 24.3 Å². The van der Waals surface area contributed by atoms with Crippen molar-refractivity contribution in [3.63, 3.8) is 0 Å². The van der Waals surface area contributed by atoms with E-state index in [1.807, 2.05) is 0 Å². The van der Waals surface area contributed by atoms with E-state index >= 15 is 0 Å². The molecule has 6 aromatic carbocycles. The summed E-state index contributed by atoms with van der Waals surface area (Å²) in [5, 5.41) is 37.1. The number of para-hydroxylation sites is 1. The lowest BCUT2D eigenvalue weighted by atomic mass is 10.1. The van der Waals surface area contributed by atoms with Crippen molar-refractivity contribution in [1.82, 2.24) is 14.8 Å². The number of carbonyl (C=O) groups excluding carboxylic acids is 1. The highest BCUT2D eigenvalue weighted by Crippen LogP contribution is 2.44. The molecule has 2 aromatic heterocycles. The van der Waals surface area contributed by atoms with Crippen molar-refractivity contribution >= 4 is 139 Å². The molecule has 0 unspecified atom stereocenters. The average molecular weight is 1100 g/mol. The van der Waals surface area contributed by atoms with Gasteiger partial charge >= 0.3 is 0 Å². The van der Waals surface area contributed by atoms with Gasteiger partial charge in [0.05, 0.1) is 32.7 Å². The van der Waals surface area contributed by atoms with Gasteiger partial charge in [-0.05, 0) is 66.7 Å². The fourth-order valence-electron chi connectivity index (χ4n) is 6.88. The first-order chi connectivity index (χ1) is 33.5. The van der Waals surface area contributed by atoms with Crippen molar-refractivity contribution in [1.29, 1.82) is 0 Å². The highest BCUT2D eigenvalue weighted by atomic mass is 32.2. The van der Waals surface area contributed by atoms with Gasteiger partial charge in [0.2, 0.25) is 11.0 Å². The third-order valence-corrected chi connectivity index (χ3v) is 15.2. The van der Waals surface area contributed by atoms with Gasteiger partial charge in [0.25, 0.3) is 56.1 Å². The van der Waals surface area contributed by atoms with Gasteiger partial charge in [0, 0.05) is 28.5 Å². The predicted molar refractivity (Wildman–Crippen MR) is 251 cm³/mol. The van der Waals surface area contributed by atoms with Crippen molar-refractivity contribution < 1.29 is 74.8 Å². The minimum absolute atomic E-state index is 0.150. The van der Waals surface area contributed by atoms with E-state index < -0.39 is 137 Å². The van der Waals surface area contributed by atoms with E-state index in [0.29, 0.717) is 22.3 Å². The fourth-order valence-corrected chi connectivity index (χ4v) is 11.2. The molecule has 0 saturated heterocycles. The number of aromatic hydroxyl groups is 1. The van der Waals surface area contributed by atoms with E-state index in [1.165, 1.54) is 0 Å². The molecule has 2 heterocycles. The number of hydrogen-bond donors (Lipinski definition) is 8. The van der Waals surface area contributed by atoms with E-state index in [2.05, 4.69) is 46.1 Å². The van der Waals surface area contributed by atoms with Gasteiger partial charge in [-0.3, -0.25) is 37.5 Å². The van der Waals surface area contributed by atoms with Crippen LogP contribution in [0.1, 0.15) is 6.92 Å². The molecule has 0 saturated carbocycles. The number of nitrogens with zero attached hydrogens (tertiary/aromatic N) is 8. The van der Waals surface area contributed by atoms with Crippen molar-refractivity contribution in [2.45, 2.75) is 31.4 Å². The smallest absolute Gasteiger partial charge is 0.298 e. The topological polar surface area (TPSA) is 446 Å². The molecule has 0 aliphatic rings. The monoisotopic (exact) mass is 1100 g/mol. The predicted octanol–water partition coefficient (Wildman–Crippen LogP) is 7.23. The Morgan fingerprint density at radius 1 is 0.597 bits per heavy atom. The van der Waals surface area contributed by atoms with Crippen LogP contribution in [0.2, 0.25) is 0 Å². The van der Waals surface area contributed by atoms with Gasteiger partial charge in [0.1, 0.15) is 42.3 Å². The zero-order valence-electron chi connectivity index (χ0n) is 35.3. The number of aromatic amines is 1. The Morgan fingerprint density at radius 3 is 1.82 bits per heavy atom. The second kappa shape index (κ2) is 18.2. The lowest BCUT2D eigenvalue weighted by Crippen LogP contribution is -2.15. The summed E-state index contributed by atoms with van der Waals surface area (Å²) in [6.45, 7) is 1.13. The second-order valence-electron chi connectivity index (χ2n) is 14.7. The Balaban J connectivity index is 1.16. The second-order valence-corrected chi connectivity index (χ2v) is 22.6. The number of carbonyl (C=O) groups is 1. The Labute approximate surface area is 406 Å². The van der Waals surface area contributed by atoms with Crippen molar-refractivity contribution in [2.24, 2.45) is 30.7 Å². The van der Waals surface area contributed by atoms with Crippen LogP contribution in [0, 0.1) is 0 Å². The van der Waals surface area contributed by atoms with Gasteiger partial charge in [-0.2, -0.15) is 42.1 Å². The molecule has 0 bridgehead atoms. The number of phenolic OH excluding ortho intramolecular Hbond substituents is 1. The number of anilines is 1. The Hall–Kier alpha value is -7.64. The summed E-state index contributed by atoms with van der Waals surface area (Å²) in [5.41, 5.74) is -3.95. The van der Waals surface area contributed by atoms with Gasteiger partial charge in [0.15, 0.2) is 11.4 Å². The van der Waals surface area contributed by atoms with Crippen LogP contribution >= 0.6 is 11.3 Å². The van der Waals surface area contributed by atoms with E-state index in [0.717, 1.165) is 71.6 Å². The third kappa shape index (κ3) is 10.2. The number of benzene rings is 6. The van der Waals surface area contributed by atoms with Gasteiger partial charge < -0.3 is 10.4 Å². The van der Waals surface area contributed by atoms with Gasteiger partial charge in [-0.25, -0.2) is 9.67 Å². The zero-order valence-corrected chi connectivity index (χ0v) is 40.2. The van der Waals surface area contributed by atoms with Crippen molar-refractivity contribution in [2.75, 3.05) is 5.32 Å². The summed E-state index contributed by atoms with van der Waals surface area (Å²) in [6.07, 6.45) is 0.833. The number of H-pyrrole nitrogens is 1. The quantitative estimate of drug-likeness (QED) is 0.0417. The summed E-state index contributed by atoms with van der Waals surface area (Å²) >= 11 is 1.15. The maximum absolute atomic E-state index is 13.6. The highest BCUT2D eigenvalue weighted by Gasteiger charge is 2.28. The highest BCUT2D eigenvalue weighted by molar-refractivity contribution is 7.87. The first-order valence-corrected chi connectivity index (χ1v) is 27.2. The average Bonchev–Trinajstić information content (AvgIpc) is 3.87. The van der Waals surface area contributed by atoms with E-state index in [-0.39, 0.29) is 28.0 Å². The number of phenols is 1. The number of azo groups is 3. The van der Waals surface area contributed by atoms with Crippen LogP contribution < -0.4 is 10.9 Å². The molecule has 0 spiro atoms. The van der Waals surface area contributed by atoms with Crippen LogP contribution in [0.15, 0.2) is 151 Å². The van der Waals surface area contributed by atoms with E-state index in [4.69, 9.17) is 0 Å². The number of amides is 1. The van der Waals surface area contributed by atoms with Crippen LogP contribution in [-0.4, -0.2) is 90.6 Å². The summed E-state index contributed by atoms with van der Waals surface area (Å²) in [7, 11) is -26.5. The van der Waals surface area contributed by atoms with E-state index in [9.17, 15) is 79.5 Å². The summed E-state index contributed by atoms with van der Waals surface area (Å²) in [4.78, 5) is 24.5. The molecule has 28 nitrogen and oxygen atoms in total. The maximum atomic E-state index is 13.6. The Morgan fingerprint density at radius 2 is 1.18 bits per heavy atom. The molecule has 0 aliphatic carbocycles. The molecule has 0 atom stereocenters. The molecule has 8 aromatic rings. The van der Waals surface area contributed by atoms with Crippen LogP contribution in [-0.2, 0) is 55.4 Å². The number of nitrogens with one attached hydrogen (secondary N) is 2. The van der Waals surface area contributed by atoms with Crippen LogP contribution in [0.4, 0.5) is 39.3 Å². The number of thiazole rings is 1.